The molecule has 0 radical (unpaired) electrons. The van der Waals surface area contributed by atoms with E-state index in [9.17, 15) is 22.8 Å². The van der Waals surface area contributed by atoms with E-state index in [0.717, 1.165) is 40.0 Å². The van der Waals surface area contributed by atoms with Gasteiger partial charge in [-0.05, 0) is 54.0 Å². The third-order valence-electron chi connectivity index (χ3n) is 6.08. The molecule has 0 saturated heterocycles. The fraction of sp³-hybridized carbons (Fsp3) is 0.417. The van der Waals surface area contributed by atoms with Gasteiger partial charge in [-0.25, -0.2) is 0 Å². The molecule has 5 nitrogen and oxygen atoms in total. The third kappa shape index (κ3) is 5.79. The van der Waals surface area contributed by atoms with E-state index in [0.29, 0.717) is 36.6 Å². The SMILES string of the molecule is O=C(NCc1ccc(CNc2c(Cl)ccc3c2CCN(C(=O)C(F)(F)F)CC3)cc1)C1CC1. The molecule has 0 atom stereocenters. The van der Waals surface area contributed by atoms with Crippen LogP contribution in [0.5, 0.6) is 0 Å². The summed E-state index contributed by atoms with van der Waals surface area (Å²) in [6.07, 6.45) is -2.30. The van der Waals surface area contributed by atoms with Gasteiger partial charge >= 0.3 is 12.1 Å². The number of nitrogens with one attached hydrogen (secondary N) is 2. The number of hydrogen-bond donors (Lipinski definition) is 2. The lowest BCUT2D eigenvalue weighted by atomic mass is 10.0. The number of benzene rings is 2. The first-order chi connectivity index (χ1) is 15.7. The Bertz CT molecular complexity index is 1040. The molecule has 0 bridgehead atoms. The van der Waals surface area contributed by atoms with Crippen LogP contribution in [0, 0.1) is 5.92 Å². The largest absolute Gasteiger partial charge is 0.471 e. The second-order valence-electron chi connectivity index (χ2n) is 8.51. The summed E-state index contributed by atoms with van der Waals surface area (Å²) in [6, 6.07) is 11.4. The second kappa shape index (κ2) is 9.63. The first-order valence-electron chi connectivity index (χ1n) is 11.0. The Labute approximate surface area is 195 Å². The standard InChI is InChI=1S/C24H25ClF3N3O2/c25-20-8-7-17-9-11-31(23(33)24(26,27)28)12-10-19(17)21(20)29-13-15-1-3-16(4-2-15)14-30-22(32)18-5-6-18/h1-4,7-8,18,29H,5-6,9-14H2,(H,30,32). The molecule has 0 aromatic heterocycles. The Morgan fingerprint density at radius 1 is 0.970 bits per heavy atom. The van der Waals surface area contributed by atoms with E-state index in [1.807, 2.05) is 30.3 Å². The van der Waals surface area contributed by atoms with E-state index in [4.69, 9.17) is 11.6 Å². The normalized spacial score (nSPS) is 16.1. The van der Waals surface area contributed by atoms with Gasteiger partial charge in [-0.15, -0.1) is 0 Å². The van der Waals surface area contributed by atoms with Crippen LogP contribution in [0.15, 0.2) is 36.4 Å². The highest BCUT2D eigenvalue weighted by Gasteiger charge is 2.42. The molecule has 9 heteroatoms. The van der Waals surface area contributed by atoms with Crippen LogP contribution < -0.4 is 10.6 Å². The highest BCUT2D eigenvalue weighted by atomic mass is 35.5. The van der Waals surface area contributed by atoms with Crippen molar-refractivity contribution in [2.75, 3.05) is 18.4 Å². The van der Waals surface area contributed by atoms with Crippen LogP contribution in [0.1, 0.15) is 35.1 Å². The van der Waals surface area contributed by atoms with Gasteiger partial charge in [0.15, 0.2) is 0 Å². The molecule has 1 aliphatic carbocycles. The first-order valence-corrected chi connectivity index (χ1v) is 11.4. The predicted molar refractivity (Wildman–Crippen MR) is 120 cm³/mol. The number of anilines is 1. The van der Waals surface area contributed by atoms with Crippen molar-refractivity contribution >= 4 is 29.1 Å². The average molecular weight is 480 g/mol. The summed E-state index contributed by atoms with van der Waals surface area (Å²) in [5.41, 5.74) is 4.44. The number of hydrogen-bond acceptors (Lipinski definition) is 3. The molecule has 33 heavy (non-hydrogen) atoms. The minimum Gasteiger partial charge on any atom is -0.380 e. The molecule has 2 aromatic rings. The zero-order valence-electron chi connectivity index (χ0n) is 18.0. The average Bonchev–Trinajstić information content (AvgIpc) is 3.64. The molecular formula is C24H25ClF3N3O2. The van der Waals surface area contributed by atoms with Gasteiger partial charge in [0.2, 0.25) is 5.91 Å². The molecule has 1 saturated carbocycles. The summed E-state index contributed by atoms with van der Waals surface area (Å²) in [7, 11) is 0. The van der Waals surface area contributed by atoms with Gasteiger partial charge in [0.1, 0.15) is 0 Å². The summed E-state index contributed by atoms with van der Waals surface area (Å²) >= 11 is 6.42. The number of amides is 2. The number of halogens is 4. The molecular weight excluding hydrogens is 455 g/mol. The summed E-state index contributed by atoms with van der Waals surface area (Å²) in [4.78, 5) is 24.3. The Balaban J connectivity index is 1.39. The maximum atomic E-state index is 12.9. The van der Waals surface area contributed by atoms with Crippen molar-refractivity contribution in [2.45, 2.75) is 44.9 Å². The highest BCUT2D eigenvalue weighted by Crippen LogP contribution is 2.33. The van der Waals surface area contributed by atoms with Crippen molar-refractivity contribution < 1.29 is 22.8 Å². The molecule has 0 unspecified atom stereocenters. The number of carbonyl (C=O) groups excluding carboxylic acids is 2. The second-order valence-corrected chi connectivity index (χ2v) is 8.92. The van der Waals surface area contributed by atoms with Crippen LogP contribution in [0.4, 0.5) is 18.9 Å². The van der Waals surface area contributed by atoms with Crippen molar-refractivity contribution in [3.8, 4) is 0 Å². The number of carbonyl (C=O) groups is 2. The Morgan fingerprint density at radius 2 is 1.61 bits per heavy atom. The monoisotopic (exact) mass is 479 g/mol. The fourth-order valence-electron chi connectivity index (χ4n) is 4.01. The lowest BCUT2D eigenvalue weighted by Gasteiger charge is -2.21. The minimum absolute atomic E-state index is 0.0123. The van der Waals surface area contributed by atoms with Crippen molar-refractivity contribution in [1.82, 2.24) is 10.2 Å². The molecule has 176 valence electrons. The van der Waals surface area contributed by atoms with Gasteiger partial charge in [0.25, 0.3) is 0 Å². The number of nitrogens with zero attached hydrogens (tertiary/aromatic N) is 1. The predicted octanol–water partition coefficient (Wildman–Crippen LogP) is 4.47. The van der Waals surface area contributed by atoms with E-state index < -0.39 is 12.1 Å². The zero-order valence-corrected chi connectivity index (χ0v) is 18.7. The van der Waals surface area contributed by atoms with Gasteiger partial charge in [-0.1, -0.05) is 41.9 Å². The van der Waals surface area contributed by atoms with Crippen molar-refractivity contribution in [3.05, 3.63) is 63.7 Å². The summed E-state index contributed by atoms with van der Waals surface area (Å²) in [5.74, 6) is -1.52. The Hall–Kier alpha value is -2.74. The van der Waals surface area contributed by atoms with E-state index in [2.05, 4.69) is 10.6 Å². The quantitative estimate of drug-likeness (QED) is 0.642. The topological polar surface area (TPSA) is 61.4 Å². The zero-order chi connectivity index (χ0) is 23.6. The number of rotatable bonds is 6. The molecule has 1 aliphatic heterocycles. The van der Waals surface area contributed by atoms with E-state index >= 15 is 0 Å². The number of alkyl halides is 3. The fourth-order valence-corrected chi connectivity index (χ4v) is 4.26. The smallest absolute Gasteiger partial charge is 0.380 e. The van der Waals surface area contributed by atoms with Gasteiger partial charge in [0.05, 0.1) is 10.7 Å². The molecule has 2 aliphatic rings. The van der Waals surface area contributed by atoms with Crippen LogP contribution in [0.2, 0.25) is 5.02 Å². The summed E-state index contributed by atoms with van der Waals surface area (Å²) in [6.45, 7) is 0.983. The summed E-state index contributed by atoms with van der Waals surface area (Å²) < 4.78 is 38.6. The Kier molecular flexibility index (Phi) is 6.83. The first kappa shape index (κ1) is 23.4. The molecule has 2 amide bonds. The maximum Gasteiger partial charge on any atom is 0.471 e. The van der Waals surface area contributed by atoms with Gasteiger partial charge in [0, 0.05) is 32.1 Å². The van der Waals surface area contributed by atoms with Gasteiger partial charge in [-0.2, -0.15) is 13.2 Å². The van der Waals surface area contributed by atoms with Crippen LogP contribution in [-0.4, -0.2) is 36.0 Å². The van der Waals surface area contributed by atoms with Gasteiger partial charge < -0.3 is 15.5 Å². The van der Waals surface area contributed by atoms with Crippen LogP contribution in [-0.2, 0) is 35.5 Å². The molecule has 0 spiro atoms. The van der Waals surface area contributed by atoms with Crippen molar-refractivity contribution in [3.63, 3.8) is 0 Å². The van der Waals surface area contributed by atoms with Crippen molar-refractivity contribution in [2.24, 2.45) is 5.92 Å². The molecule has 2 aromatic carbocycles. The molecule has 1 heterocycles. The molecule has 2 N–H and O–H groups in total. The van der Waals surface area contributed by atoms with E-state index in [-0.39, 0.29) is 24.9 Å². The van der Waals surface area contributed by atoms with Crippen LogP contribution in [0.3, 0.4) is 0 Å². The van der Waals surface area contributed by atoms with Crippen LogP contribution >= 0.6 is 11.6 Å². The van der Waals surface area contributed by atoms with E-state index in [1.165, 1.54) is 0 Å². The maximum absolute atomic E-state index is 12.9. The Morgan fingerprint density at radius 3 is 2.24 bits per heavy atom. The van der Waals surface area contributed by atoms with Gasteiger partial charge in [-0.3, -0.25) is 9.59 Å². The minimum atomic E-state index is -4.87. The van der Waals surface area contributed by atoms with Crippen molar-refractivity contribution in [1.29, 1.82) is 0 Å². The molecule has 1 fully saturated rings. The number of fused-ring (bicyclic) bond motifs is 1. The highest BCUT2D eigenvalue weighted by molar-refractivity contribution is 6.33. The molecule has 4 rings (SSSR count). The third-order valence-corrected chi connectivity index (χ3v) is 6.39. The summed E-state index contributed by atoms with van der Waals surface area (Å²) in [5, 5.41) is 6.75. The lowest BCUT2D eigenvalue weighted by molar-refractivity contribution is -0.185. The van der Waals surface area contributed by atoms with Crippen LogP contribution in [0.25, 0.3) is 0 Å². The van der Waals surface area contributed by atoms with E-state index in [1.54, 1.807) is 6.07 Å². The lowest BCUT2D eigenvalue weighted by Crippen LogP contribution is -2.42.